The molecule has 1 amide bonds. The Morgan fingerprint density at radius 3 is 2.31 bits per heavy atom. The van der Waals surface area contributed by atoms with Crippen molar-refractivity contribution in [3.8, 4) is 5.69 Å². The third kappa shape index (κ3) is 7.34. The van der Waals surface area contributed by atoms with E-state index in [9.17, 15) is 4.79 Å². The highest BCUT2D eigenvalue weighted by molar-refractivity contribution is 7.99. The summed E-state index contributed by atoms with van der Waals surface area (Å²) < 4.78 is 2.01. The van der Waals surface area contributed by atoms with Crippen LogP contribution in [-0.2, 0) is 17.6 Å². The van der Waals surface area contributed by atoms with E-state index in [2.05, 4.69) is 39.8 Å². The summed E-state index contributed by atoms with van der Waals surface area (Å²) in [4.78, 5) is 12.2. The fraction of sp³-hybridized carbons (Fsp3) is 0.222. The Balaban J connectivity index is 1.36. The molecule has 1 N–H and O–H groups in total. The second-order valence-corrected chi connectivity index (χ2v) is 9.91. The SMILES string of the molecule is O=C(CCCSc1nnc(Cc2ccccc2)n1-c1ccc(Cl)c(Cl)c1)NCCc1ccccc1. The number of amides is 1. The molecule has 0 unspecified atom stereocenters. The molecule has 0 saturated heterocycles. The molecule has 0 saturated carbocycles. The molecule has 8 heteroatoms. The highest BCUT2D eigenvalue weighted by Crippen LogP contribution is 2.29. The zero-order chi connectivity index (χ0) is 24.5. The van der Waals surface area contributed by atoms with Crippen LogP contribution in [0.4, 0.5) is 0 Å². The first-order valence-corrected chi connectivity index (χ1v) is 13.2. The standard InChI is InChI=1S/C27H26Cl2N4OS/c28-23-14-13-22(19-24(23)29)33-25(18-21-10-5-2-6-11-21)31-32-27(33)35-17-7-12-26(34)30-16-15-20-8-3-1-4-9-20/h1-6,8-11,13-14,19H,7,12,15-18H2,(H,30,34). The van der Waals surface area contributed by atoms with Crippen LogP contribution in [0.1, 0.15) is 29.8 Å². The van der Waals surface area contributed by atoms with Crippen molar-refractivity contribution in [1.29, 1.82) is 0 Å². The minimum absolute atomic E-state index is 0.0669. The number of nitrogens with zero attached hydrogens (tertiary/aromatic N) is 3. The number of thioether (sulfide) groups is 1. The number of hydrogen-bond acceptors (Lipinski definition) is 4. The molecule has 0 aliphatic rings. The maximum absolute atomic E-state index is 12.2. The van der Waals surface area contributed by atoms with Crippen molar-refractivity contribution in [3.63, 3.8) is 0 Å². The summed E-state index contributed by atoms with van der Waals surface area (Å²) in [5.41, 5.74) is 3.22. The normalized spacial score (nSPS) is 10.9. The van der Waals surface area contributed by atoms with Gasteiger partial charge in [-0.2, -0.15) is 0 Å². The molecule has 3 aromatic carbocycles. The lowest BCUT2D eigenvalue weighted by atomic mass is 10.1. The molecular weight excluding hydrogens is 499 g/mol. The summed E-state index contributed by atoms with van der Waals surface area (Å²) >= 11 is 14.0. The quantitative estimate of drug-likeness (QED) is 0.182. The van der Waals surface area contributed by atoms with Gasteiger partial charge in [-0.05, 0) is 42.2 Å². The minimum atomic E-state index is 0.0669. The molecule has 1 aromatic heterocycles. The third-order valence-electron chi connectivity index (χ3n) is 5.42. The second-order valence-electron chi connectivity index (χ2n) is 8.03. The van der Waals surface area contributed by atoms with E-state index in [0.717, 1.165) is 40.8 Å². The Bertz CT molecular complexity index is 1250. The summed E-state index contributed by atoms with van der Waals surface area (Å²) in [5.74, 6) is 1.63. The van der Waals surface area contributed by atoms with Crippen molar-refractivity contribution in [3.05, 3.63) is 106 Å². The predicted molar refractivity (Wildman–Crippen MR) is 144 cm³/mol. The van der Waals surface area contributed by atoms with E-state index in [-0.39, 0.29) is 5.91 Å². The van der Waals surface area contributed by atoms with Crippen LogP contribution in [-0.4, -0.2) is 33.0 Å². The Morgan fingerprint density at radius 1 is 0.886 bits per heavy atom. The van der Waals surface area contributed by atoms with Crippen LogP contribution in [0.15, 0.2) is 84.0 Å². The zero-order valence-corrected chi connectivity index (χ0v) is 21.5. The van der Waals surface area contributed by atoms with Crippen molar-refractivity contribution in [2.75, 3.05) is 12.3 Å². The number of carbonyl (C=O) groups excluding carboxylic acids is 1. The van der Waals surface area contributed by atoms with Crippen molar-refractivity contribution < 1.29 is 4.79 Å². The molecule has 1 heterocycles. The number of rotatable bonds is 11. The molecule has 4 rings (SSSR count). The highest BCUT2D eigenvalue weighted by Gasteiger charge is 2.16. The Kier molecular flexibility index (Phi) is 9.23. The van der Waals surface area contributed by atoms with Gasteiger partial charge in [0.2, 0.25) is 5.91 Å². The van der Waals surface area contributed by atoms with Gasteiger partial charge < -0.3 is 5.32 Å². The maximum Gasteiger partial charge on any atom is 0.220 e. The minimum Gasteiger partial charge on any atom is -0.356 e. The molecule has 0 spiro atoms. The van der Waals surface area contributed by atoms with Crippen LogP contribution in [0.2, 0.25) is 10.0 Å². The van der Waals surface area contributed by atoms with Gasteiger partial charge in [0.25, 0.3) is 0 Å². The van der Waals surface area contributed by atoms with Gasteiger partial charge in [-0.1, -0.05) is 95.6 Å². The summed E-state index contributed by atoms with van der Waals surface area (Å²) in [6.45, 7) is 0.643. The van der Waals surface area contributed by atoms with Crippen molar-refractivity contribution in [1.82, 2.24) is 20.1 Å². The number of nitrogens with one attached hydrogen (secondary N) is 1. The molecule has 0 bridgehead atoms. The first-order valence-electron chi connectivity index (χ1n) is 11.5. The highest BCUT2D eigenvalue weighted by atomic mass is 35.5. The van der Waals surface area contributed by atoms with Gasteiger partial charge in [0.05, 0.1) is 15.7 Å². The molecule has 180 valence electrons. The maximum atomic E-state index is 12.2. The van der Waals surface area contributed by atoms with E-state index in [1.165, 1.54) is 5.56 Å². The van der Waals surface area contributed by atoms with E-state index in [1.54, 1.807) is 17.8 Å². The fourth-order valence-corrected chi connectivity index (χ4v) is 4.85. The Labute approximate surface area is 219 Å². The molecule has 0 aliphatic heterocycles. The second kappa shape index (κ2) is 12.8. The summed E-state index contributed by atoms with van der Waals surface area (Å²) in [5, 5.41) is 13.6. The number of benzene rings is 3. The zero-order valence-electron chi connectivity index (χ0n) is 19.2. The first kappa shape index (κ1) is 25.3. The smallest absolute Gasteiger partial charge is 0.220 e. The van der Waals surface area contributed by atoms with E-state index in [0.29, 0.717) is 29.4 Å². The lowest BCUT2D eigenvalue weighted by Gasteiger charge is -2.11. The first-order chi connectivity index (χ1) is 17.1. The Hall–Kier alpha value is -2.80. The van der Waals surface area contributed by atoms with Gasteiger partial charge in [-0.25, -0.2) is 0 Å². The van der Waals surface area contributed by atoms with Gasteiger partial charge >= 0.3 is 0 Å². The average molecular weight is 526 g/mol. The van der Waals surface area contributed by atoms with E-state index < -0.39 is 0 Å². The summed E-state index contributed by atoms with van der Waals surface area (Å²) in [6, 6.07) is 25.8. The number of hydrogen-bond donors (Lipinski definition) is 1. The lowest BCUT2D eigenvalue weighted by Crippen LogP contribution is -2.25. The monoisotopic (exact) mass is 524 g/mol. The summed E-state index contributed by atoms with van der Waals surface area (Å²) in [6.07, 6.45) is 2.68. The van der Waals surface area contributed by atoms with Gasteiger partial charge in [-0.15, -0.1) is 10.2 Å². The largest absolute Gasteiger partial charge is 0.356 e. The van der Waals surface area contributed by atoms with Gasteiger partial charge in [-0.3, -0.25) is 9.36 Å². The average Bonchev–Trinajstić information content (AvgIpc) is 3.27. The topological polar surface area (TPSA) is 59.8 Å². The van der Waals surface area contributed by atoms with E-state index in [1.807, 2.05) is 53.1 Å². The molecule has 4 aromatic rings. The van der Waals surface area contributed by atoms with Crippen molar-refractivity contribution >= 4 is 40.9 Å². The van der Waals surface area contributed by atoms with Crippen LogP contribution < -0.4 is 5.32 Å². The molecule has 5 nitrogen and oxygen atoms in total. The van der Waals surface area contributed by atoms with Crippen LogP contribution in [0.3, 0.4) is 0 Å². The van der Waals surface area contributed by atoms with Crippen LogP contribution >= 0.6 is 35.0 Å². The molecular formula is C27H26Cl2N4OS. The van der Waals surface area contributed by atoms with Crippen molar-refractivity contribution in [2.45, 2.75) is 30.8 Å². The molecule has 0 atom stereocenters. The Morgan fingerprint density at radius 2 is 1.60 bits per heavy atom. The lowest BCUT2D eigenvalue weighted by molar-refractivity contribution is -0.121. The van der Waals surface area contributed by atoms with Gasteiger partial charge in [0, 0.05) is 25.1 Å². The molecule has 0 aliphatic carbocycles. The van der Waals surface area contributed by atoms with Crippen LogP contribution in [0, 0.1) is 0 Å². The third-order valence-corrected chi connectivity index (χ3v) is 7.18. The fourth-order valence-electron chi connectivity index (χ4n) is 3.65. The predicted octanol–water partition coefficient (Wildman–Crippen LogP) is 6.40. The van der Waals surface area contributed by atoms with Crippen molar-refractivity contribution in [2.24, 2.45) is 0 Å². The number of aromatic nitrogens is 3. The van der Waals surface area contributed by atoms with E-state index in [4.69, 9.17) is 23.2 Å². The van der Waals surface area contributed by atoms with Gasteiger partial charge in [0.1, 0.15) is 5.82 Å². The number of halogens is 2. The van der Waals surface area contributed by atoms with Gasteiger partial charge in [0.15, 0.2) is 5.16 Å². The molecule has 0 radical (unpaired) electrons. The van der Waals surface area contributed by atoms with Crippen LogP contribution in [0.25, 0.3) is 5.69 Å². The molecule has 0 fully saturated rings. The van der Waals surface area contributed by atoms with Crippen LogP contribution in [0.5, 0.6) is 0 Å². The van der Waals surface area contributed by atoms with E-state index >= 15 is 0 Å². The summed E-state index contributed by atoms with van der Waals surface area (Å²) in [7, 11) is 0. The number of carbonyl (C=O) groups is 1. The molecule has 35 heavy (non-hydrogen) atoms.